The van der Waals surface area contributed by atoms with E-state index in [1.165, 1.54) is 6.26 Å². The largest absolute Gasteiger partial charge is 0.324 e. The molecule has 1 aromatic carbocycles. The van der Waals surface area contributed by atoms with Gasteiger partial charge in [-0.15, -0.1) is 0 Å². The van der Waals surface area contributed by atoms with Gasteiger partial charge in [-0.2, -0.15) is 0 Å². The average Bonchev–Trinajstić information content (AvgIpc) is 2.93. The molecule has 1 aromatic heterocycles. The van der Waals surface area contributed by atoms with Crippen molar-refractivity contribution >= 4 is 32.5 Å². The van der Waals surface area contributed by atoms with Crippen LogP contribution in [0, 0.1) is 12.8 Å². The van der Waals surface area contributed by atoms with Crippen LogP contribution >= 0.6 is 0 Å². The second kappa shape index (κ2) is 6.39. The van der Waals surface area contributed by atoms with E-state index >= 15 is 0 Å². The Labute approximate surface area is 141 Å². The molecule has 2 amide bonds. The summed E-state index contributed by atoms with van der Waals surface area (Å²) in [6, 6.07) is 7.54. The van der Waals surface area contributed by atoms with Gasteiger partial charge in [-0.1, -0.05) is 6.07 Å². The molecule has 0 saturated carbocycles. The third-order valence-electron chi connectivity index (χ3n) is 4.20. The van der Waals surface area contributed by atoms with Crippen LogP contribution in [-0.4, -0.2) is 49.4 Å². The number of hydrogen-bond donors (Lipinski definition) is 1. The summed E-state index contributed by atoms with van der Waals surface area (Å²) in [6.45, 7) is 3.01. The number of benzene rings is 1. The minimum absolute atomic E-state index is 0.0122. The van der Waals surface area contributed by atoms with Gasteiger partial charge < -0.3 is 10.2 Å². The summed E-state index contributed by atoms with van der Waals surface area (Å²) < 4.78 is 22.8. The molecule has 1 aliphatic heterocycles. The summed E-state index contributed by atoms with van der Waals surface area (Å²) >= 11 is 0. The maximum Gasteiger partial charge on any atom is 0.321 e. The first-order chi connectivity index (χ1) is 11.3. The van der Waals surface area contributed by atoms with Crippen molar-refractivity contribution in [2.75, 3.05) is 30.4 Å². The normalized spacial score (nSPS) is 18.1. The predicted octanol–water partition coefficient (Wildman–Crippen LogP) is 2.44. The van der Waals surface area contributed by atoms with Gasteiger partial charge in [0.2, 0.25) is 0 Å². The van der Waals surface area contributed by atoms with Crippen molar-refractivity contribution < 1.29 is 13.2 Å². The summed E-state index contributed by atoms with van der Waals surface area (Å²) in [4.78, 5) is 18.5. The molecule has 0 radical (unpaired) electrons. The summed E-state index contributed by atoms with van der Waals surface area (Å²) in [5.41, 5.74) is 2.48. The number of carbonyl (C=O) groups is 1. The maximum atomic E-state index is 12.5. The zero-order valence-corrected chi connectivity index (χ0v) is 14.6. The van der Waals surface area contributed by atoms with Crippen molar-refractivity contribution in [3.05, 3.63) is 36.0 Å². The fraction of sp³-hybridized carbons (Fsp3) is 0.412. The maximum absolute atomic E-state index is 12.5. The van der Waals surface area contributed by atoms with Crippen LogP contribution in [0.5, 0.6) is 0 Å². The van der Waals surface area contributed by atoms with Crippen LogP contribution < -0.4 is 5.32 Å². The zero-order valence-electron chi connectivity index (χ0n) is 13.8. The molecule has 0 spiro atoms. The van der Waals surface area contributed by atoms with Gasteiger partial charge in [-0.3, -0.25) is 4.98 Å². The van der Waals surface area contributed by atoms with Gasteiger partial charge in [-0.25, -0.2) is 13.2 Å². The van der Waals surface area contributed by atoms with Crippen molar-refractivity contribution in [1.82, 2.24) is 9.88 Å². The Hall–Kier alpha value is -2.15. The van der Waals surface area contributed by atoms with Crippen LogP contribution in [0.1, 0.15) is 12.0 Å². The predicted molar refractivity (Wildman–Crippen MR) is 94.9 cm³/mol. The van der Waals surface area contributed by atoms with Gasteiger partial charge in [0.15, 0.2) is 0 Å². The van der Waals surface area contributed by atoms with Crippen LogP contribution in [0.4, 0.5) is 10.5 Å². The number of sulfone groups is 1. The van der Waals surface area contributed by atoms with Crippen LogP contribution in [0.3, 0.4) is 0 Å². The first-order valence-corrected chi connectivity index (χ1v) is 9.97. The molecule has 0 unspecified atom stereocenters. The third kappa shape index (κ3) is 3.84. The van der Waals surface area contributed by atoms with Crippen LogP contribution in [0.25, 0.3) is 10.9 Å². The molecule has 7 heteroatoms. The molecular weight excluding hydrogens is 326 g/mol. The molecule has 0 bridgehead atoms. The number of hydrogen-bond acceptors (Lipinski definition) is 4. The van der Waals surface area contributed by atoms with Crippen molar-refractivity contribution in [2.45, 2.75) is 13.3 Å². The number of nitrogens with zero attached hydrogens (tertiary/aromatic N) is 2. The Morgan fingerprint density at radius 1 is 1.42 bits per heavy atom. The highest BCUT2D eigenvalue weighted by Gasteiger charge is 2.28. The number of likely N-dealkylation sites (tertiary alicyclic amines) is 1. The topological polar surface area (TPSA) is 79.4 Å². The fourth-order valence-corrected chi connectivity index (χ4v) is 4.34. The van der Waals surface area contributed by atoms with Gasteiger partial charge in [0, 0.05) is 30.9 Å². The van der Waals surface area contributed by atoms with E-state index < -0.39 is 9.84 Å². The standard InChI is InChI=1S/C17H21N3O3S/c1-12-8-14-4-3-6-18-16(14)15(9-12)19-17(21)20-7-5-13(10-20)11-24(2,22)23/h3-4,6,8-9,13H,5,7,10-11H2,1-2H3,(H,19,21)/t13-/m0/s1. The van der Waals surface area contributed by atoms with E-state index in [2.05, 4.69) is 10.3 Å². The number of pyridine rings is 1. The van der Waals surface area contributed by atoms with Gasteiger partial charge >= 0.3 is 6.03 Å². The number of carbonyl (C=O) groups excluding carboxylic acids is 1. The minimum Gasteiger partial charge on any atom is -0.324 e. The van der Waals surface area contributed by atoms with Crippen LogP contribution in [0.2, 0.25) is 0 Å². The Morgan fingerprint density at radius 3 is 2.96 bits per heavy atom. The number of fused-ring (bicyclic) bond motifs is 1. The highest BCUT2D eigenvalue weighted by Crippen LogP contribution is 2.25. The molecule has 2 aromatic rings. The Morgan fingerprint density at radius 2 is 2.21 bits per heavy atom. The van der Waals surface area contributed by atoms with Gasteiger partial charge in [0.25, 0.3) is 0 Å². The first kappa shape index (κ1) is 16.7. The molecular formula is C17H21N3O3S. The number of aryl methyl sites for hydroxylation is 1. The average molecular weight is 347 g/mol. The molecule has 2 heterocycles. The SMILES string of the molecule is Cc1cc(NC(=O)N2CC[C@H](CS(C)(=O)=O)C2)c2ncccc2c1. The lowest BCUT2D eigenvalue weighted by molar-refractivity contribution is 0.221. The number of anilines is 1. The lowest BCUT2D eigenvalue weighted by atomic mass is 10.1. The summed E-state index contributed by atoms with van der Waals surface area (Å²) in [7, 11) is -3.02. The smallest absolute Gasteiger partial charge is 0.321 e. The quantitative estimate of drug-likeness (QED) is 0.925. The van der Waals surface area contributed by atoms with E-state index in [0.29, 0.717) is 25.2 Å². The molecule has 1 atom stereocenters. The minimum atomic E-state index is -3.02. The van der Waals surface area contributed by atoms with Crippen molar-refractivity contribution in [1.29, 1.82) is 0 Å². The van der Waals surface area contributed by atoms with E-state index in [1.54, 1.807) is 11.1 Å². The first-order valence-electron chi connectivity index (χ1n) is 7.91. The highest BCUT2D eigenvalue weighted by atomic mass is 32.2. The molecule has 0 aliphatic carbocycles. The lowest BCUT2D eigenvalue weighted by Crippen LogP contribution is -2.33. The van der Waals surface area contributed by atoms with Crippen molar-refractivity contribution in [3.8, 4) is 0 Å². The molecule has 1 N–H and O–H groups in total. The van der Waals surface area contributed by atoms with Crippen molar-refractivity contribution in [2.24, 2.45) is 5.92 Å². The van der Waals surface area contributed by atoms with Crippen LogP contribution in [-0.2, 0) is 9.84 Å². The van der Waals surface area contributed by atoms with E-state index in [0.717, 1.165) is 16.5 Å². The monoisotopic (exact) mass is 347 g/mol. The van der Waals surface area contributed by atoms with Gasteiger partial charge in [0.1, 0.15) is 9.84 Å². The third-order valence-corrected chi connectivity index (χ3v) is 5.28. The van der Waals surface area contributed by atoms with Gasteiger partial charge in [0.05, 0.1) is 17.0 Å². The highest BCUT2D eigenvalue weighted by molar-refractivity contribution is 7.90. The number of urea groups is 1. The number of amides is 2. The van der Waals surface area contributed by atoms with Crippen LogP contribution in [0.15, 0.2) is 30.5 Å². The molecule has 128 valence electrons. The number of nitrogens with one attached hydrogen (secondary N) is 1. The number of aromatic nitrogens is 1. The van der Waals surface area contributed by atoms with E-state index in [9.17, 15) is 13.2 Å². The summed E-state index contributed by atoms with van der Waals surface area (Å²) in [6.07, 6.45) is 3.65. The Bertz CT molecular complexity index is 880. The molecule has 1 saturated heterocycles. The van der Waals surface area contributed by atoms with E-state index in [-0.39, 0.29) is 17.7 Å². The van der Waals surface area contributed by atoms with Crippen molar-refractivity contribution in [3.63, 3.8) is 0 Å². The molecule has 24 heavy (non-hydrogen) atoms. The number of rotatable bonds is 3. The summed E-state index contributed by atoms with van der Waals surface area (Å²) in [5, 5.41) is 3.90. The lowest BCUT2D eigenvalue weighted by Gasteiger charge is -2.18. The summed E-state index contributed by atoms with van der Waals surface area (Å²) in [5.74, 6) is 0.143. The second-order valence-electron chi connectivity index (χ2n) is 6.51. The van der Waals surface area contributed by atoms with E-state index in [1.807, 2.05) is 31.2 Å². The fourth-order valence-electron chi connectivity index (χ4n) is 3.21. The zero-order chi connectivity index (χ0) is 17.3. The molecule has 3 rings (SSSR count). The second-order valence-corrected chi connectivity index (χ2v) is 8.70. The molecule has 1 aliphatic rings. The molecule has 1 fully saturated rings. The Balaban J connectivity index is 1.74. The van der Waals surface area contributed by atoms with Gasteiger partial charge in [-0.05, 0) is 43.0 Å². The van der Waals surface area contributed by atoms with E-state index in [4.69, 9.17) is 0 Å². The molecule has 6 nitrogen and oxygen atoms in total. The Kier molecular flexibility index (Phi) is 4.45.